The summed E-state index contributed by atoms with van der Waals surface area (Å²) in [5, 5.41) is 0. The second-order valence-corrected chi connectivity index (χ2v) is 6.10. The van der Waals surface area contributed by atoms with Crippen LogP contribution < -0.4 is 0 Å². The van der Waals surface area contributed by atoms with Crippen molar-refractivity contribution >= 4 is 0 Å². The van der Waals surface area contributed by atoms with E-state index in [0.717, 1.165) is 5.92 Å². The average Bonchev–Trinajstić information content (AvgIpc) is 2.85. The van der Waals surface area contributed by atoms with Crippen LogP contribution in [0.4, 0.5) is 0 Å². The molecule has 1 aliphatic rings. The van der Waals surface area contributed by atoms with Crippen LogP contribution in [0, 0.1) is 12.8 Å². The number of hydrogen-bond acceptors (Lipinski definition) is 0. The first-order chi connectivity index (χ1) is 6.95. The van der Waals surface area contributed by atoms with Crippen molar-refractivity contribution in [1.82, 2.24) is 0 Å². The SMILES string of the molecule is Cc1cc(CC2CC2)cc(C(C)(C)C)c1. The maximum atomic E-state index is 2.41. The molecule has 0 aromatic heterocycles. The zero-order valence-corrected chi connectivity index (χ0v) is 10.4. The molecule has 1 aliphatic carbocycles. The smallest absolute Gasteiger partial charge is 0.0132 e. The molecule has 0 nitrogen and oxygen atoms in total. The summed E-state index contributed by atoms with van der Waals surface area (Å²) in [5.41, 5.74) is 4.73. The van der Waals surface area contributed by atoms with Crippen LogP contribution in [-0.2, 0) is 11.8 Å². The van der Waals surface area contributed by atoms with Gasteiger partial charge in [-0.25, -0.2) is 0 Å². The Morgan fingerprint density at radius 1 is 1.13 bits per heavy atom. The summed E-state index contributed by atoms with van der Waals surface area (Å²) < 4.78 is 0. The first-order valence-electron chi connectivity index (χ1n) is 6.06. The summed E-state index contributed by atoms with van der Waals surface area (Å²) in [7, 11) is 0. The quantitative estimate of drug-likeness (QED) is 0.672. The monoisotopic (exact) mass is 202 g/mol. The lowest BCUT2D eigenvalue weighted by Gasteiger charge is -2.20. The standard InChI is InChI=1S/C15H22/c1-11-7-13(9-12-5-6-12)10-14(8-11)15(2,3)4/h7-8,10,12H,5-6,9H2,1-4H3. The molecule has 0 saturated heterocycles. The number of aryl methyl sites for hydroxylation is 1. The molecule has 1 aromatic carbocycles. The van der Waals surface area contributed by atoms with Gasteiger partial charge in [-0.3, -0.25) is 0 Å². The lowest BCUT2D eigenvalue weighted by Crippen LogP contribution is -2.11. The Hall–Kier alpha value is -0.780. The van der Waals surface area contributed by atoms with Crippen molar-refractivity contribution in [3.05, 3.63) is 34.9 Å². The van der Waals surface area contributed by atoms with Crippen molar-refractivity contribution in [3.8, 4) is 0 Å². The van der Waals surface area contributed by atoms with E-state index in [2.05, 4.69) is 45.9 Å². The van der Waals surface area contributed by atoms with Crippen LogP contribution in [0.3, 0.4) is 0 Å². The van der Waals surface area contributed by atoms with Crippen molar-refractivity contribution in [3.63, 3.8) is 0 Å². The molecular weight excluding hydrogens is 180 g/mol. The third-order valence-corrected chi connectivity index (χ3v) is 3.22. The van der Waals surface area contributed by atoms with Crippen molar-refractivity contribution < 1.29 is 0 Å². The van der Waals surface area contributed by atoms with E-state index in [-0.39, 0.29) is 5.41 Å². The van der Waals surface area contributed by atoms with E-state index in [4.69, 9.17) is 0 Å². The minimum Gasteiger partial charge on any atom is -0.0561 e. The molecule has 1 aromatic rings. The van der Waals surface area contributed by atoms with Gasteiger partial charge in [-0.1, -0.05) is 44.5 Å². The summed E-state index contributed by atoms with van der Waals surface area (Å²) in [5.74, 6) is 0.986. The number of benzene rings is 1. The Bertz CT molecular complexity index is 351. The molecule has 2 rings (SSSR count). The average molecular weight is 202 g/mol. The van der Waals surface area contributed by atoms with E-state index in [0.29, 0.717) is 0 Å². The molecule has 0 amide bonds. The summed E-state index contributed by atoms with van der Waals surface area (Å²) in [4.78, 5) is 0. The Balaban J connectivity index is 2.27. The molecule has 0 atom stereocenters. The van der Waals surface area contributed by atoms with E-state index >= 15 is 0 Å². The van der Waals surface area contributed by atoms with Gasteiger partial charge in [0, 0.05) is 0 Å². The van der Waals surface area contributed by atoms with Gasteiger partial charge in [0.05, 0.1) is 0 Å². The molecule has 82 valence electrons. The van der Waals surface area contributed by atoms with Crippen molar-refractivity contribution in [1.29, 1.82) is 0 Å². The molecule has 1 saturated carbocycles. The van der Waals surface area contributed by atoms with E-state index < -0.39 is 0 Å². The minimum atomic E-state index is 0.282. The van der Waals surface area contributed by atoms with Crippen LogP contribution in [0.15, 0.2) is 18.2 Å². The third kappa shape index (κ3) is 2.84. The van der Waals surface area contributed by atoms with Gasteiger partial charge in [0.2, 0.25) is 0 Å². The van der Waals surface area contributed by atoms with Crippen molar-refractivity contribution in [2.45, 2.75) is 52.4 Å². The van der Waals surface area contributed by atoms with Crippen LogP contribution >= 0.6 is 0 Å². The van der Waals surface area contributed by atoms with E-state index in [1.165, 1.54) is 30.4 Å². The molecule has 0 heterocycles. The molecule has 0 heteroatoms. The number of hydrogen-bond donors (Lipinski definition) is 0. The molecule has 0 N–H and O–H groups in total. The topological polar surface area (TPSA) is 0 Å². The highest BCUT2D eigenvalue weighted by molar-refractivity contribution is 5.33. The maximum absolute atomic E-state index is 2.41. The highest BCUT2D eigenvalue weighted by Gasteiger charge is 2.22. The van der Waals surface area contributed by atoms with Gasteiger partial charge in [0.15, 0.2) is 0 Å². The zero-order chi connectivity index (χ0) is 11.1. The molecule has 0 spiro atoms. The Labute approximate surface area is 93.7 Å². The maximum Gasteiger partial charge on any atom is -0.0132 e. The van der Waals surface area contributed by atoms with Crippen LogP contribution in [0.5, 0.6) is 0 Å². The zero-order valence-electron chi connectivity index (χ0n) is 10.4. The molecular formula is C15H22. The lowest BCUT2D eigenvalue weighted by molar-refractivity contribution is 0.588. The van der Waals surface area contributed by atoms with Gasteiger partial charge in [-0.05, 0) is 48.6 Å². The van der Waals surface area contributed by atoms with Crippen LogP contribution in [0.1, 0.15) is 50.3 Å². The fraction of sp³-hybridized carbons (Fsp3) is 0.600. The second kappa shape index (κ2) is 3.66. The van der Waals surface area contributed by atoms with Gasteiger partial charge < -0.3 is 0 Å². The summed E-state index contributed by atoms with van der Waals surface area (Å²) in [6, 6.07) is 7.09. The summed E-state index contributed by atoms with van der Waals surface area (Å²) in [6.07, 6.45) is 4.18. The molecule has 0 unspecified atom stereocenters. The first-order valence-corrected chi connectivity index (χ1v) is 6.06. The molecule has 15 heavy (non-hydrogen) atoms. The van der Waals surface area contributed by atoms with Crippen molar-refractivity contribution in [2.24, 2.45) is 5.92 Å². The van der Waals surface area contributed by atoms with Crippen LogP contribution in [0.25, 0.3) is 0 Å². The highest BCUT2D eigenvalue weighted by Crippen LogP contribution is 2.34. The van der Waals surface area contributed by atoms with E-state index in [1.54, 1.807) is 5.56 Å². The second-order valence-electron chi connectivity index (χ2n) is 6.10. The fourth-order valence-corrected chi connectivity index (χ4v) is 2.07. The Kier molecular flexibility index (Phi) is 2.62. The predicted molar refractivity (Wildman–Crippen MR) is 66.3 cm³/mol. The van der Waals surface area contributed by atoms with Gasteiger partial charge >= 0.3 is 0 Å². The molecule has 1 fully saturated rings. The first kappa shape index (κ1) is 10.7. The number of rotatable bonds is 2. The predicted octanol–water partition coefficient (Wildman–Crippen LogP) is 4.25. The van der Waals surface area contributed by atoms with Gasteiger partial charge in [-0.2, -0.15) is 0 Å². The fourth-order valence-electron chi connectivity index (χ4n) is 2.07. The molecule has 0 bridgehead atoms. The van der Waals surface area contributed by atoms with Crippen LogP contribution in [0.2, 0.25) is 0 Å². The van der Waals surface area contributed by atoms with Gasteiger partial charge in [0.25, 0.3) is 0 Å². The largest absolute Gasteiger partial charge is 0.0561 e. The van der Waals surface area contributed by atoms with E-state index in [1.807, 2.05) is 0 Å². The minimum absolute atomic E-state index is 0.282. The van der Waals surface area contributed by atoms with Crippen molar-refractivity contribution in [2.75, 3.05) is 0 Å². The highest BCUT2D eigenvalue weighted by atomic mass is 14.3. The van der Waals surface area contributed by atoms with Crippen LogP contribution in [-0.4, -0.2) is 0 Å². The normalized spacial score (nSPS) is 16.8. The Morgan fingerprint density at radius 3 is 2.33 bits per heavy atom. The van der Waals surface area contributed by atoms with E-state index in [9.17, 15) is 0 Å². The molecule has 0 radical (unpaired) electrons. The van der Waals surface area contributed by atoms with Gasteiger partial charge in [0.1, 0.15) is 0 Å². The third-order valence-electron chi connectivity index (χ3n) is 3.22. The lowest BCUT2D eigenvalue weighted by atomic mass is 9.84. The van der Waals surface area contributed by atoms with Gasteiger partial charge in [-0.15, -0.1) is 0 Å². The molecule has 0 aliphatic heterocycles. The Morgan fingerprint density at radius 2 is 1.80 bits per heavy atom. The summed E-state index contributed by atoms with van der Waals surface area (Å²) in [6.45, 7) is 9.10. The summed E-state index contributed by atoms with van der Waals surface area (Å²) >= 11 is 0.